The first kappa shape index (κ1) is 47.4. The van der Waals surface area contributed by atoms with Gasteiger partial charge in [0.2, 0.25) is 0 Å². The van der Waals surface area contributed by atoms with Gasteiger partial charge in [0, 0.05) is 5.57 Å². The van der Waals surface area contributed by atoms with Gasteiger partial charge >= 0.3 is 0 Å². The summed E-state index contributed by atoms with van der Waals surface area (Å²) in [6.45, 7) is 32.0. The first-order valence-corrected chi connectivity index (χ1v) is 13.8. The van der Waals surface area contributed by atoms with E-state index in [2.05, 4.69) is 58.5 Å². The minimum atomic E-state index is 0.0318. The number of aryl methyl sites for hydroxylation is 3. The number of rotatable bonds is 6. The highest BCUT2D eigenvalue weighted by Gasteiger charge is 2.05. The van der Waals surface area contributed by atoms with Crippen LogP contribution in [-0.2, 0) is 20.8 Å². The van der Waals surface area contributed by atoms with Crippen LogP contribution in [0.3, 0.4) is 0 Å². The van der Waals surface area contributed by atoms with E-state index in [1.807, 2.05) is 86.3 Å². The number of unbranched alkanes of at least 4 members (excludes halogenated alkanes) is 3. The van der Waals surface area contributed by atoms with Gasteiger partial charge < -0.3 is 9.59 Å². The first-order chi connectivity index (χ1) is 17.9. The van der Waals surface area contributed by atoms with Crippen LogP contribution in [-0.4, -0.2) is 19.4 Å². The zero-order valence-electron chi connectivity index (χ0n) is 26.5. The Labute approximate surface area is 231 Å². The summed E-state index contributed by atoms with van der Waals surface area (Å²) < 4.78 is 0. The Morgan fingerprint density at radius 2 is 1.05 bits per heavy atom. The molecule has 37 heavy (non-hydrogen) atoms. The second-order valence-corrected chi connectivity index (χ2v) is 6.90. The molecule has 0 unspecified atom stereocenters. The lowest BCUT2D eigenvalue weighted by Crippen LogP contribution is -1.95. The second kappa shape index (κ2) is 43.3. The van der Waals surface area contributed by atoms with Crippen molar-refractivity contribution in [3.05, 3.63) is 77.4 Å². The van der Waals surface area contributed by atoms with Crippen molar-refractivity contribution >= 4 is 24.9 Å². The molecule has 2 aromatic rings. The minimum Gasteiger partial charge on any atom is -0.307 e. The second-order valence-electron chi connectivity index (χ2n) is 6.90. The molecule has 0 aliphatic heterocycles. The highest BCUT2D eigenvalue weighted by atomic mass is 16.1. The van der Waals surface area contributed by atoms with Crippen molar-refractivity contribution in [1.82, 2.24) is 0 Å². The maximum atomic E-state index is 11.0. The molecule has 0 aliphatic carbocycles. The molecule has 0 spiro atoms. The lowest BCUT2D eigenvalue weighted by Gasteiger charge is -2.04. The van der Waals surface area contributed by atoms with E-state index in [1.165, 1.54) is 43.7 Å². The number of Topliss-reactive ketones (excluding diaryl/α,β-unsaturated/α-hetero) is 1. The van der Waals surface area contributed by atoms with Gasteiger partial charge in [0.25, 0.3) is 0 Å². The molecule has 0 atom stereocenters. The summed E-state index contributed by atoms with van der Waals surface area (Å²) in [4.78, 5) is 27.0. The van der Waals surface area contributed by atoms with Crippen molar-refractivity contribution in [2.45, 2.75) is 115 Å². The van der Waals surface area contributed by atoms with Crippen molar-refractivity contribution < 1.29 is 14.4 Å². The number of benzene rings is 2. The Balaban J connectivity index is -0.0000000857. The average Bonchev–Trinajstić information content (AvgIpc) is 2.98. The maximum Gasteiger partial charge on any atom is 0.159 e. The predicted octanol–water partition coefficient (Wildman–Crippen LogP) is 10.5. The SMILES string of the molecule is C=C(C(C)=O)c1ccccc1C.C=O.C=O.CC.CC.CC.CCCCCC.CCc1ccc(C)cc1. The highest BCUT2D eigenvalue weighted by Crippen LogP contribution is 2.17. The van der Waals surface area contributed by atoms with Gasteiger partial charge in [0.05, 0.1) is 0 Å². The van der Waals surface area contributed by atoms with Gasteiger partial charge in [-0.15, -0.1) is 0 Å². The smallest absolute Gasteiger partial charge is 0.159 e. The van der Waals surface area contributed by atoms with Crippen LogP contribution in [0.1, 0.15) is 117 Å². The van der Waals surface area contributed by atoms with Crippen LogP contribution in [0.15, 0.2) is 55.1 Å². The van der Waals surface area contributed by atoms with Crippen molar-refractivity contribution in [3.8, 4) is 0 Å². The number of carbonyl (C=O) groups excluding carboxylic acids is 3. The van der Waals surface area contributed by atoms with Gasteiger partial charge in [0.1, 0.15) is 13.6 Å². The van der Waals surface area contributed by atoms with Crippen LogP contribution in [0.5, 0.6) is 0 Å². The Kier molecular flexibility index (Phi) is 55.4. The van der Waals surface area contributed by atoms with E-state index in [1.54, 1.807) is 0 Å². The van der Waals surface area contributed by atoms with E-state index >= 15 is 0 Å². The molecule has 214 valence electrons. The highest BCUT2D eigenvalue weighted by molar-refractivity contribution is 6.19. The molecule has 0 aliphatic rings. The summed E-state index contributed by atoms with van der Waals surface area (Å²) in [7, 11) is 0. The number of ketones is 1. The standard InChI is InChI=1S/C11H12O.C9H12.C6H14.3C2H6.2CH2O/c1-8-6-4-5-7-11(8)9(2)10(3)12;1-3-9-6-4-8(2)5-7-9;1-3-5-6-4-2;5*1-2/h4-7H,2H2,1,3H3;4-7H,3H2,1-2H3;3-6H2,1-2H3;3*1-2H3;2*1H2. The quantitative estimate of drug-likeness (QED) is 0.283. The molecule has 3 nitrogen and oxygen atoms in total. The first-order valence-electron chi connectivity index (χ1n) is 13.8. The van der Waals surface area contributed by atoms with E-state index in [-0.39, 0.29) is 5.78 Å². The van der Waals surface area contributed by atoms with E-state index in [9.17, 15) is 4.79 Å². The fourth-order valence-corrected chi connectivity index (χ4v) is 2.42. The van der Waals surface area contributed by atoms with Crippen molar-refractivity contribution in [2.24, 2.45) is 0 Å². The third-order valence-corrected chi connectivity index (χ3v) is 4.38. The maximum absolute atomic E-state index is 11.0. The number of carbonyl (C=O) groups is 3. The van der Waals surface area contributed by atoms with Crippen LogP contribution >= 0.6 is 0 Å². The molecule has 2 aromatic carbocycles. The van der Waals surface area contributed by atoms with Gasteiger partial charge in [-0.2, -0.15) is 0 Å². The van der Waals surface area contributed by atoms with Crippen LogP contribution < -0.4 is 0 Å². The van der Waals surface area contributed by atoms with E-state index in [4.69, 9.17) is 9.59 Å². The minimum absolute atomic E-state index is 0.0318. The Bertz CT molecular complexity index is 697. The molecule has 0 bridgehead atoms. The Hall–Kier alpha value is -2.81. The third-order valence-electron chi connectivity index (χ3n) is 4.38. The summed E-state index contributed by atoms with van der Waals surface area (Å²) in [5, 5.41) is 0. The zero-order valence-corrected chi connectivity index (χ0v) is 26.5. The lowest BCUT2D eigenvalue weighted by molar-refractivity contribution is -0.111. The number of hydrogen-bond donors (Lipinski definition) is 0. The summed E-state index contributed by atoms with van der Waals surface area (Å²) in [5.41, 5.74) is 5.39. The summed E-state index contributed by atoms with van der Waals surface area (Å²) in [6.07, 6.45) is 6.68. The molecule has 0 saturated carbocycles. The normalized spacial score (nSPS) is 7.57. The Morgan fingerprint density at radius 3 is 1.35 bits per heavy atom. The summed E-state index contributed by atoms with van der Waals surface area (Å²) in [5.74, 6) is 0.0318. The summed E-state index contributed by atoms with van der Waals surface area (Å²) >= 11 is 0. The lowest BCUT2D eigenvalue weighted by atomic mass is 10.00. The molecular weight excluding hydrogens is 456 g/mol. The molecule has 0 aromatic heterocycles. The fourth-order valence-electron chi connectivity index (χ4n) is 2.42. The molecule has 0 fully saturated rings. The predicted molar refractivity (Wildman–Crippen MR) is 170 cm³/mol. The topological polar surface area (TPSA) is 51.2 Å². The molecule has 2 rings (SSSR count). The van der Waals surface area contributed by atoms with E-state index in [0.29, 0.717) is 5.57 Å². The van der Waals surface area contributed by atoms with Crippen LogP contribution in [0.25, 0.3) is 5.57 Å². The molecule has 0 N–H and O–H groups in total. The molecule has 0 amide bonds. The largest absolute Gasteiger partial charge is 0.307 e. The van der Waals surface area contributed by atoms with E-state index < -0.39 is 0 Å². The van der Waals surface area contributed by atoms with Crippen molar-refractivity contribution in [2.75, 3.05) is 0 Å². The molecule has 0 saturated heterocycles. The molecule has 3 heteroatoms. The molecule has 0 heterocycles. The molecular formula is C34H60O3. The van der Waals surface area contributed by atoms with Gasteiger partial charge in [-0.05, 0) is 43.9 Å². The Morgan fingerprint density at radius 1 is 0.676 bits per heavy atom. The number of allylic oxidation sites excluding steroid dienone is 1. The summed E-state index contributed by atoms with van der Waals surface area (Å²) in [6, 6.07) is 16.4. The monoisotopic (exact) mass is 516 g/mol. The van der Waals surface area contributed by atoms with Crippen molar-refractivity contribution in [3.63, 3.8) is 0 Å². The van der Waals surface area contributed by atoms with Crippen LogP contribution in [0.2, 0.25) is 0 Å². The zero-order chi connectivity index (χ0) is 30.7. The van der Waals surface area contributed by atoms with Gasteiger partial charge in [-0.1, -0.05) is 149 Å². The van der Waals surface area contributed by atoms with Gasteiger partial charge in [-0.3, -0.25) is 4.79 Å². The third kappa shape index (κ3) is 33.2. The fraction of sp³-hybridized carbons (Fsp3) is 0.500. The van der Waals surface area contributed by atoms with Crippen LogP contribution in [0.4, 0.5) is 0 Å². The van der Waals surface area contributed by atoms with Gasteiger partial charge in [-0.25, -0.2) is 0 Å². The van der Waals surface area contributed by atoms with Crippen molar-refractivity contribution in [1.29, 1.82) is 0 Å². The molecule has 0 radical (unpaired) electrons. The van der Waals surface area contributed by atoms with Crippen LogP contribution in [0, 0.1) is 13.8 Å². The number of hydrogen-bond acceptors (Lipinski definition) is 3. The van der Waals surface area contributed by atoms with E-state index in [0.717, 1.165) is 17.5 Å². The van der Waals surface area contributed by atoms with Gasteiger partial charge in [0.15, 0.2) is 5.78 Å². The average molecular weight is 517 g/mol.